The highest BCUT2D eigenvalue weighted by Gasteiger charge is 2.28. The zero-order valence-corrected chi connectivity index (χ0v) is 12.0. The Bertz CT molecular complexity index is 605. The maximum absolute atomic E-state index is 4.23. The van der Waals surface area contributed by atoms with E-state index in [0.717, 1.165) is 0 Å². The quantitative estimate of drug-likeness (QED) is 0.662. The van der Waals surface area contributed by atoms with Gasteiger partial charge in [-0.05, 0) is 43.2 Å². The first-order chi connectivity index (χ1) is 9.18. The van der Waals surface area contributed by atoms with Crippen LogP contribution in [0, 0.1) is 5.92 Å². The second-order valence-electron chi connectivity index (χ2n) is 6.06. The van der Waals surface area contributed by atoms with Crippen LogP contribution in [0.25, 0.3) is 10.9 Å². The second kappa shape index (κ2) is 4.88. The zero-order valence-electron chi connectivity index (χ0n) is 12.0. The third-order valence-electron chi connectivity index (χ3n) is 4.73. The third kappa shape index (κ3) is 2.11. The van der Waals surface area contributed by atoms with Gasteiger partial charge in [0.25, 0.3) is 0 Å². The molecule has 1 heteroatoms. The van der Waals surface area contributed by atoms with Crippen molar-refractivity contribution in [1.29, 1.82) is 0 Å². The normalized spacial score (nSPS) is 23.7. The minimum atomic E-state index is 0.664. The van der Waals surface area contributed by atoms with Crippen molar-refractivity contribution >= 4 is 10.9 Å². The van der Waals surface area contributed by atoms with E-state index in [1.165, 1.54) is 47.7 Å². The lowest BCUT2D eigenvalue weighted by Gasteiger charge is -2.32. The van der Waals surface area contributed by atoms with E-state index in [-0.39, 0.29) is 0 Å². The van der Waals surface area contributed by atoms with Crippen molar-refractivity contribution in [3.63, 3.8) is 0 Å². The van der Waals surface area contributed by atoms with Gasteiger partial charge in [-0.1, -0.05) is 43.2 Å². The molecule has 0 bridgehead atoms. The lowest BCUT2D eigenvalue weighted by molar-refractivity contribution is 0.349. The largest absolute Gasteiger partial charge is 0.350 e. The minimum absolute atomic E-state index is 0.664. The first-order valence-corrected chi connectivity index (χ1v) is 7.38. The van der Waals surface area contributed by atoms with Gasteiger partial charge in [0.2, 0.25) is 0 Å². The molecule has 2 aromatic rings. The number of para-hydroxylation sites is 1. The molecule has 1 aromatic carbocycles. The predicted octanol–water partition coefficient (Wildman–Crippen LogP) is 5.03. The summed E-state index contributed by atoms with van der Waals surface area (Å²) in [7, 11) is 2.16. The fraction of sp³-hybridized carbons (Fsp3) is 0.444. The number of rotatable bonds is 2. The van der Waals surface area contributed by atoms with Gasteiger partial charge in [-0.3, -0.25) is 0 Å². The van der Waals surface area contributed by atoms with E-state index in [1.54, 1.807) is 0 Å². The molecule has 2 atom stereocenters. The van der Waals surface area contributed by atoms with Crippen LogP contribution in [0.5, 0.6) is 0 Å². The molecule has 0 spiro atoms. The summed E-state index contributed by atoms with van der Waals surface area (Å²) in [6.07, 6.45) is 7.68. The van der Waals surface area contributed by atoms with Crippen molar-refractivity contribution in [1.82, 2.24) is 4.57 Å². The summed E-state index contributed by atoms with van der Waals surface area (Å²) in [4.78, 5) is 0. The van der Waals surface area contributed by atoms with Crippen LogP contribution in [0.1, 0.15) is 44.1 Å². The molecule has 0 unspecified atom stereocenters. The molecule has 0 N–H and O–H groups in total. The number of nitrogens with zero attached hydrogens (tertiary/aromatic N) is 1. The van der Waals surface area contributed by atoms with Crippen molar-refractivity contribution in [2.75, 3.05) is 0 Å². The Labute approximate surface area is 115 Å². The van der Waals surface area contributed by atoms with Gasteiger partial charge >= 0.3 is 0 Å². The van der Waals surface area contributed by atoms with Crippen LogP contribution < -0.4 is 0 Å². The van der Waals surface area contributed by atoms with E-state index < -0.39 is 0 Å². The molecule has 0 amide bonds. The standard InChI is InChI=1S/C18H23N/c1-13(2)14-8-4-5-9-15(14)17-12-19(3)18-11-7-6-10-16(17)18/h6-7,10-12,14-15H,1,4-5,8-9H2,2-3H3/t14-,15-/m1/s1. The van der Waals surface area contributed by atoms with Crippen LogP contribution in [0.3, 0.4) is 0 Å². The van der Waals surface area contributed by atoms with E-state index >= 15 is 0 Å². The van der Waals surface area contributed by atoms with Crippen LogP contribution in [0.15, 0.2) is 42.6 Å². The highest BCUT2D eigenvalue weighted by molar-refractivity contribution is 5.84. The van der Waals surface area contributed by atoms with Gasteiger partial charge in [0.1, 0.15) is 0 Å². The molecule has 1 nitrogen and oxygen atoms in total. The number of hydrogen-bond donors (Lipinski definition) is 0. The van der Waals surface area contributed by atoms with Crippen molar-refractivity contribution in [3.8, 4) is 0 Å². The van der Waals surface area contributed by atoms with Gasteiger partial charge in [-0.25, -0.2) is 0 Å². The van der Waals surface area contributed by atoms with Gasteiger partial charge in [0.05, 0.1) is 0 Å². The molecule has 0 radical (unpaired) electrons. The molecule has 1 aliphatic carbocycles. The summed E-state index contributed by atoms with van der Waals surface area (Å²) in [5.74, 6) is 1.33. The summed E-state index contributed by atoms with van der Waals surface area (Å²) in [6, 6.07) is 8.78. The molecular weight excluding hydrogens is 230 g/mol. The summed E-state index contributed by atoms with van der Waals surface area (Å²) in [5, 5.41) is 1.43. The number of benzene rings is 1. The molecule has 1 fully saturated rings. The van der Waals surface area contributed by atoms with E-state index in [1.807, 2.05) is 0 Å². The Morgan fingerprint density at radius 1 is 1.21 bits per heavy atom. The van der Waals surface area contributed by atoms with E-state index in [4.69, 9.17) is 0 Å². The first-order valence-electron chi connectivity index (χ1n) is 7.38. The van der Waals surface area contributed by atoms with Crippen LogP contribution in [0.2, 0.25) is 0 Å². The van der Waals surface area contributed by atoms with Crippen LogP contribution in [0.4, 0.5) is 0 Å². The summed E-state index contributed by atoms with van der Waals surface area (Å²) in [5.41, 5.74) is 4.24. The number of aryl methyl sites for hydroxylation is 1. The first kappa shape index (κ1) is 12.5. The Morgan fingerprint density at radius 3 is 2.74 bits per heavy atom. The summed E-state index contributed by atoms with van der Waals surface area (Å²) < 4.78 is 2.27. The Hall–Kier alpha value is -1.50. The average molecular weight is 253 g/mol. The van der Waals surface area contributed by atoms with Gasteiger partial charge in [-0.15, -0.1) is 0 Å². The fourth-order valence-electron chi connectivity index (χ4n) is 3.76. The summed E-state index contributed by atoms with van der Waals surface area (Å²) in [6.45, 7) is 6.44. The Balaban J connectivity index is 2.09. The second-order valence-corrected chi connectivity index (χ2v) is 6.06. The van der Waals surface area contributed by atoms with Crippen molar-refractivity contribution in [2.45, 2.75) is 38.5 Å². The Morgan fingerprint density at radius 2 is 1.95 bits per heavy atom. The van der Waals surface area contributed by atoms with Crippen LogP contribution in [-0.2, 0) is 7.05 Å². The van der Waals surface area contributed by atoms with Gasteiger partial charge in [0, 0.05) is 24.1 Å². The van der Waals surface area contributed by atoms with Crippen LogP contribution in [-0.4, -0.2) is 4.57 Å². The SMILES string of the molecule is C=C(C)[C@H]1CCCC[C@H]1c1cn(C)c2ccccc12. The molecule has 0 aliphatic heterocycles. The smallest absolute Gasteiger partial charge is 0.0480 e. The molecule has 1 heterocycles. The topological polar surface area (TPSA) is 4.93 Å². The molecule has 1 saturated carbocycles. The average Bonchev–Trinajstić information content (AvgIpc) is 2.77. The van der Waals surface area contributed by atoms with Crippen molar-refractivity contribution in [3.05, 3.63) is 48.2 Å². The van der Waals surface area contributed by atoms with E-state index in [9.17, 15) is 0 Å². The van der Waals surface area contributed by atoms with Gasteiger partial charge in [0.15, 0.2) is 0 Å². The zero-order chi connectivity index (χ0) is 13.4. The number of hydrogen-bond acceptors (Lipinski definition) is 0. The third-order valence-corrected chi connectivity index (χ3v) is 4.73. The fourth-order valence-corrected chi connectivity index (χ4v) is 3.76. The molecule has 0 saturated heterocycles. The minimum Gasteiger partial charge on any atom is -0.350 e. The summed E-state index contributed by atoms with van der Waals surface area (Å²) >= 11 is 0. The number of aromatic nitrogens is 1. The number of fused-ring (bicyclic) bond motifs is 1. The number of allylic oxidation sites excluding steroid dienone is 1. The van der Waals surface area contributed by atoms with Crippen molar-refractivity contribution < 1.29 is 0 Å². The highest BCUT2D eigenvalue weighted by atomic mass is 14.9. The van der Waals surface area contributed by atoms with Gasteiger partial charge in [-0.2, -0.15) is 0 Å². The van der Waals surface area contributed by atoms with Gasteiger partial charge < -0.3 is 4.57 Å². The molecule has 19 heavy (non-hydrogen) atoms. The maximum atomic E-state index is 4.23. The highest BCUT2D eigenvalue weighted by Crippen LogP contribution is 2.43. The monoisotopic (exact) mass is 253 g/mol. The predicted molar refractivity (Wildman–Crippen MR) is 82.4 cm³/mol. The lowest BCUT2D eigenvalue weighted by Crippen LogP contribution is -2.18. The Kier molecular flexibility index (Phi) is 3.22. The molecule has 100 valence electrons. The molecule has 3 rings (SSSR count). The lowest BCUT2D eigenvalue weighted by atomic mass is 9.73. The van der Waals surface area contributed by atoms with Crippen molar-refractivity contribution in [2.24, 2.45) is 13.0 Å². The molecule has 1 aromatic heterocycles. The maximum Gasteiger partial charge on any atom is 0.0480 e. The van der Waals surface area contributed by atoms with E-state index in [0.29, 0.717) is 11.8 Å². The van der Waals surface area contributed by atoms with Crippen LogP contribution >= 0.6 is 0 Å². The van der Waals surface area contributed by atoms with E-state index in [2.05, 4.69) is 55.6 Å². The molecule has 1 aliphatic rings. The molecular formula is C18H23N.